The summed E-state index contributed by atoms with van der Waals surface area (Å²) < 4.78 is 59.9. The molecule has 2 unspecified atom stereocenters. The molecule has 0 bridgehead atoms. The Morgan fingerprint density at radius 1 is 1.14 bits per heavy atom. The van der Waals surface area contributed by atoms with Crippen molar-refractivity contribution < 1.29 is 22.7 Å². The molecule has 2 atom stereocenters. The van der Waals surface area contributed by atoms with E-state index in [4.69, 9.17) is 0 Å². The van der Waals surface area contributed by atoms with E-state index < -0.39 is 42.8 Å². The van der Waals surface area contributed by atoms with Crippen LogP contribution in [0.15, 0.2) is 36.7 Å². The van der Waals surface area contributed by atoms with Crippen molar-refractivity contribution in [2.45, 2.75) is 31.5 Å². The van der Waals surface area contributed by atoms with Gasteiger partial charge in [0.2, 0.25) is 0 Å². The summed E-state index contributed by atoms with van der Waals surface area (Å²) in [5.41, 5.74) is 3.40. The molecule has 11 heteroatoms. The number of aryl methyl sites for hydroxylation is 2. The number of benzene rings is 2. The third-order valence-electron chi connectivity index (χ3n) is 6.97. The van der Waals surface area contributed by atoms with Gasteiger partial charge >= 0.3 is 0 Å². The fourth-order valence-corrected chi connectivity index (χ4v) is 5.38. The number of fused-ring (bicyclic) bond motifs is 2. The number of aliphatic hydroxyl groups excluding tert-OH is 1. The second-order valence-electron chi connectivity index (χ2n) is 9.12. The highest BCUT2D eigenvalue weighted by molar-refractivity contribution is 5.80. The van der Waals surface area contributed by atoms with Gasteiger partial charge in [-0.25, -0.2) is 22.5 Å². The molecule has 2 aromatic carbocycles. The van der Waals surface area contributed by atoms with E-state index >= 15 is 8.78 Å². The number of aromatic amines is 1. The van der Waals surface area contributed by atoms with Crippen molar-refractivity contribution in [1.29, 1.82) is 0 Å². The maximum absolute atomic E-state index is 15.7. The summed E-state index contributed by atoms with van der Waals surface area (Å²) >= 11 is 0. The smallest absolute Gasteiger partial charge is 0.266 e. The number of anilines is 2. The molecular weight excluding hydrogens is 464 g/mol. The van der Waals surface area contributed by atoms with Gasteiger partial charge in [-0.1, -0.05) is 6.07 Å². The number of hydrogen-bond acceptors (Lipinski definition) is 5. The largest absolute Gasteiger partial charge is 0.368 e. The number of aromatic nitrogens is 4. The predicted octanol–water partition coefficient (Wildman–Crippen LogP) is 4.33. The summed E-state index contributed by atoms with van der Waals surface area (Å²) in [4.78, 5) is 9.99. The van der Waals surface area contributed by atoms with Crippen LogP contribution in [0.5, 0.6) is 0 Å². The maximum Gasteiger partial charge on any atom is 0.266 e. The lowest BCUT2D eigenvalue weighted by molar-refractivity contribution is 0.0257. The van der Waals surface area contributed by atoms with Crippen LogP contribution in [0.2, 0.25) is 0 Å². The van der Waals surface area contributed by atoms with Gasteiger partial charge in [0.25, 0.3) is 5.92 Å². The standard InChI is InChI=1S/C24H22F4N6O/c1-12-18-21(14-4-6-17(20(26)19(14)25)33-8-7-24(27,28)10-33)34(23(35)22(18)32(2)31-12)13-3-5-15-16(9-13)30-11-29-15/h3-6,9,11,21,23,35H,7-8,10H2,1-2H3,(H,29,30). The molecule has 35 heavy (non-hydrogen) atoms. The number of aliphatic hydroxyl groups is 1. The van der Waals surface area contributed by atoms with E-state index in [0.717, 1.165) is 15.9 Å². The summed E-state index contributed by atoms with van der Waals surface area (Å²) in [5.74, 6) is -5.27. The molecule has 2 aromatic heterocycles. The number of rotatable bonds is 3. The average Bonchev–Trinajstić information content (AvgIpc) is 3.55. The van der Waals surface area contributed by atoms with Crippen LogP contribution in [-0.2, 0) is 7.05 Å². The third kappa shape index (κ3) is 3.21. The first-order chi connectivity index (χ1) is 16.7. The molecule has 0 spiro atoms. The lowest BCUT2D eigenvalue weighted by Gasteiger charge is -2.31. The van der Waals surface area contributed by atoms with Gasteiger partial charge in [-0.2, -0.15) is 5.10 Å². The van der Waals surface area contributed by atoms with Crippen molar-refractivity contribution in [3.05, 3.63) is 70.8 Å². The highest BCUT2D eigenvalue weighted by Gasteiger charge is 2.45. The van der Waals surface area contributed by atoms with Gasteiger partial charge in [0.15, 0.2) is 17.9 Å². The lowest BCUT2D eigenvalue weighted by atomic mass is 9.97. The molecule has 7 nitrogen and oxygen atoms in total. The fourth-order valence-electron chi connectivity index (χ4n) is 5.38. The average molecular weight is 486 g/mol. The molecule has 0 radical (unpaired) electrons. The number of hydrogen-bond donors (Lipinski definition) is 2. The molecule has 1 saturated heterocycles. The molecule has 4 aromatic rings. The third-order valence-corrected chi connectivity index (χ3v) is 6.97. The van der Waals surface area contributed by atoms with Gasteiger partial charge in [-0.3, -0.25) is 4.68 Å². The predicted molar refractivity (Wildman–Crippen MR) is 121 cm³/mol. The topological polar surface area (TPSA) is 73.2 Å². The second kappa shape index (κ2) is 7.45. The summed E-state index contributed by atoms with van der Waals surface area (Å²) in [6.45, 7) is 1.02. The van der Waals surface area contributed by atoms with E-state index in [1.165, 1.54) is 16.8 Å². The van der Waals surface area contributed by atoms with Gasteiger partial charge in [0.1, 0.15) is 0 Å². The van der Waals surface area contributed by atoms with Crippen LogP contribution in [0.3, 0.4) is 0 Å². The molecule has 0 saturated carbocycles. The van der Waals surface area contributed by atoms with E-state index in [1.54, 1.807) is 43.4 Å². The zero-order valence-corrected chi connectivity index (χ0v) is 18.9. The normalized spacial score (nSPS) is 21.3. The van der Waals surface area contributed by atoms with Crippen molar-refractivity contribution >= 4 is 22.4 Å². The van der Waals surface area contributed by atoms with E-state index in [2.05, 4.69) is 15.1 Å². The van der Waals surface area contributed by atoms with Crippen molar-refractivity contribution in [2.24, 2.45) is 7.05 Å². The first kappa shape index (κ1) is 21.9. The highest BCUT2D eigenvalue weighted by atomic mass is 19.3. The molecule has 1 fully saturated rings. The van der Waals surface area contributed by atoms with Crippen molar-refractivity contribution in [2.75, 3.05) is 22.9 Å². The minimum absolute atomic E-state index is 0.0178. The summed E-state index contributed by atoms with van der Waals surface area (Å²) in [7, 11) is 1.68. The zero-order chi connectivity index (χ0) is 24.6. The Kier molecular flexibility index (Phi) is 4.66. The number of nitrogens with one attached hydrogen (secondary N) is 1. The zero-order valence-electron chi connectivity index (χ0n) is 18.9. The summed E-state index contributed by atoms with van der Waals surface area (Å²) in [6, 6.07) is 7.15. The number of halogens is 4. The molecule has 6 rings (SSSR count). The molecule has 0 aliphatic carbocycles. The lowest BCUT2D eigenvalue weighted by Crippen LogP contribution is -2.29. The van der Waals surface area contributed by atoms with Crippen LogP contribution in [-0.4, -0.2) is 43.9 Å². The van der Waals surface area contributed by atoms with Gasteiger partial charge in [0.05, 0.1) is 47.0 Å². The van der Waals surface area contributed by atoms with E-state index in [0.29, 0.717) is 22.6 Å². The van der Waals surface area contributed by atoms with Gasteiger partial charge in [0, 0.05) is 36.8 Å². The molecule has 0 amide bonds. The number of alkyl halides is 2. The molecule has 2 N–H and O–H groups in total. The van der Waals surface area contributed by atoms with Gasteiger partial charge in [-0.15, -0.1) is 0 Å². The Hall–Kier alpha value is -3.60. The first-order valence-electron chi connectivity index (χ1n) is 11.2. The van der Waals surface area contributed by atoms with Crippen LogP contribution in [0.1, 0.15) is 41.2 Å². The number of nitrogens with zero attached hydrogens (tertiary/aromatic N) is 5. The minimum atomic E-state index is -2.94. The minimum Gasteiger partial charge on any atom is -0.368 e. The van der Waals surface area contributed by atoms with Crippen LogP contribution in [0, 0.1) is 18.6 Å². The Labute approximate surface area is 197 Å². The van der Waals surface area contributed by atoms with Gasteiger partial charge < -0.3 is 19.9 Å². The molecule has 2 aliphatic rings. The number of imidazole rings is 1. The highest BCUT2D eigenvalue weighted by Crippen LogP contribution is 2.49. The second-order valence-corrected chi connectivity index (χ2v) is 9.12. The Balaban J connectivity index is 1.50. The van der Waals surface area contributed by atoms with Crippen molar-refractivity contribution in [3.63, 3.8) is 0 Å². The fraction of sp³-hybridized carbons (Fsp3) is 0.333. The molecule has 4 heterocycles. The SMILES string of the molecule is Cc1nn(C)c2c1C(c1ccc(N3CCC(F)(F)C3)c(F)c1F)N(c1ccc3nc[nH]c3c1)C2O. The molecule has 182 valence electrons. The quantitative estimate of drug-likeness (QED) is 0.422. The van der Waals surface area contributed by atoms with E-state index in [1.807, 2.05) is 0 Å². The maximum atomic E-state index is 15.7. The number of H-pyrrole nitrogens is 1. The molecular formula is C24H22F4N6O. The Morgan fingerprint density at radius 2 is 1.94 bits per heavy atom. The Bertz CT molecular complexity index is 1460. The van der Waals surface area contributed by atoms with Crippen LogP contribution < -0.4 is 9.80 Å². The summed E-state index contributed by atoms with van der Waals surface area (Å²) in [5, 5.41) is 15.7. The van der Waals surface area contributed by atoms with Crippen LogP contribution >= 0.6 is 0 Å². The van der Waals surface area contributed by atoms with Crippen LogP contribution in [0.25, 0.3) is 11.0 Å². The molecule has 2 aliphatic heterocycles. The monoisotopic (exact) mass is 486 g/mol. The van der Waals surface area contributed by atoms with E-state index in [-0.39, 0.29) is 17.8 Å². The van der Waals surface area contributed by atoms with Gasteiger partial charge in [-0.05, 0) is 31.2 Å². The summed E-state index contributed by atoms with van der Waals surface area (Å²) in [6.07, 6.45) is -0.0432. The van der Waals surface area contributed by atoms with Crippen molar-refractivity contribution in [3.8, 4) is 0 Å². The first-order valence-corrected chi connectivity index (χ1v) is 11.2. The van der Waals surface area contributed by atoms with Crippen molar-refractivity contribution in [1.82, 2.24) is 19.7 Å². The van der Waals surface area contributed by atoms with E-state index in [9.17, 15) is 13.9 Å². The Morgan fingerprint density at radius 3 is 2.69 bits per heavy atom. The van der Waals surface area contributed by atoms with Crippen LogP contribution in [0.4, 0.5) is 28.9 Å².